The monoisotopic (exact) mass is 507 g/mol. The van der Waals surface area contributed by atoms with Gasteiger partial charge in [-0.1, -0.05) is 26.0 Å². The van der Waals surface area contributed by atoms with Crippen molar-refractivity contribution in [3.8, 4) is 5.75 Å². The van der Waals surface area contributed by atoms with Gasteiger partial charge in [-0.2, -0.15) is 13.2 Å². The van der Waals surface area contributed by atoms with E-state index >= 15 is 0 Å². The first-order chi connectivity index (χ1) is 16.4. The second-order valence-corrected chi connectivity index (χ2v) is 9.95. The number of alkyl halides is 3. The fourth-order valence-electron chi connectivity index (χ4n) is 3.75. The van der Waals surface area contributed by atoms with Crippen molar-refractivity contribution in [3.05, 3.63) is 62.6 Å². The molecule has 0 bridgehead atoms. The zero-order valence-electron chi connectivity index (χ0n) is 20.0. The number of allylic oxidation sites excluding steroid dienone is 4. The summed E-state index contributed by atoms with van der Waals surface area (Å²) >= 11 is 1.44. The Morgan fingerprint density at radius 2 is 1.89 bits per heavy atom. The molecule has 0 amide bonds. The van der Waals surface area contributed by atoms with Gasteiger partial charge >= 0.3 is 12.1 Å². The highest BCUT2D eigenvalue weighted by atomic mass is 32.1. The third kappa shape index (κ3) is 6.60. The summed E-state index contributed by atoms with van der Waals surface area (Å²) in [6.45, 7) is 7.19. The van der Waals surface area contributed by atoms with Crippen LogP contribution in [0.15, 0.2) is 35.9 Å². The largest absolute Gasteiger partial charge is 0.479 e. The lowest BCUT2D eigenvalue weighted by atomic mass is 9.98. The average molecular weight is 508 g/mol. The number of halogens is 3. The van der Waals surface area contributed by atoms with Crippen molar-refractivity contribution < 1.29 is 32.6 Å². The Morgan fingerprint density at radius 1 is 1.17 bits per heavy atom. The smallest absolute Gasteiger partial charge is 0.412 e. The number of thiazole rings is 1. The van der Waals surface area contributed by atoms with Gasteiger partial charge in [0.15, 0.2) is 11.9 Å². The summed E-state index contributed by atoms with van der Waals surface area (Å²) in [5.41, 5.74) is 2.30. The van der Waals surface area contributed by atoms with E-state index in [0.717, 1.165) is 22.2 Å². The molecule has 0 saturated carbocycles. The number of ketones is 1. The minimum atomic E-state index is -4.31. The summed E-state index contributed by atoms with van der Waals surface area (Å²) in [4.78, 5) is 29.5. The Bertz CT molecular complexity index is 1180. The first kappa shape index (κ1) is 26.7. The van der Waals surface area contributed by atoms with Crippen molar-refractivity contribution in [3.63, 3.8) is 0 Å². The van der Waals surface area contributed by atoms with Crippen LogP contribution in [0, 0.1) is 6.92 Å². The molecule has 1 N–H and O–H groups in total. The molecule has 1 aromatic carbocycles. The molecule has 1 heterocycles. The van der Waals surface area contributed by atoms with Crippen molar-refractivity contribution in [1.29, 1.82) is 0 Å². The van der Waals surface area contributed by atoms with E-state index < -0.39 is 23.8 Å². The van der Waals surface area contributed by atoms with E-state index in [1.54, 1.807) is 25.1 Å². The highest BCUT2D eigenvalue weighted by molar-refractivity contribution is 7.12. The van der Waals surface area contributed by atoms with Gasteiger partial charge in [-0.05, 0) is 68.4 Å². The quantitative estimate of drug-likeness (QED) is 0.373. The predicted molar refractivity (Wildman–Crippen MR) is 129 cm³/mol. The molecule has 1 aromatic heterocycles. The third-order valence-corrected chi connectivity index (χ3v) is 7.00. The second-order valence-electron chi connectivity index (χ2n) is 8.87. The normalized spacial score (nSPS) is 15.0. The standard InChI is InChI=1S/C26H28F3NO4S/c1-14(2)23-22(35-24(30-23)17-5-8-19(9-6-17)26(27,28)29)12-10-20(31)18-7-11-21(15(3)13-18)34-16(4)25(32)33/h5,7-8,11,13-14,16H,6,9-10,12H2,1-4H3,(H,32,33). The Hall–Kier alpha value is -2.94. The topological polar surface area (TPSA) is 76.5 Å². The van der Waals surface area contributed by atoms with Crippen LogP contribution in [0.1, 0.15) is 77.5 Å². The number of carboxylic acid groups (broad SMARTS) is 1. The number of aryl methyl sites for hydroxylation is 2. The maximum absolute atomic E-state index is 12.9. The molecule has 35 heavy (non-hydrogen) atoms. The fourth-order valence-corrected chi connectivity index (χ4v) is 5.02. The van der Waals surface area contributed by atoms with Crippen molar-refractivity contribution in [2.45, 2.75) is 71.6 Å². The zero-order valence-corrected chi connectivity index (χ0v) is 20.8. The second kappa shape index (κ2) is 10.8. The molecule has 9 heteroatoms. The molecule has 2 aromatic rings. The van der Waals surface area contributed by atoms with Crippen LogP contribution in [0.3, 0.4) is 0 Å². The number of benzene rings is 1. The van der Waals surface area contributed by atoms with E-state index in [9.17, 15) is 22.8 Å². The first-order valence-electron chi connectivity index (χ1n) is 11.4. The summed E-state index contributed by atoms with van der Waals surface area (Å²) in [5, 5.41) is 9.72. The summed E-state index contributed by atoms with van der Waals surface area (Å²) in [6, 6.07) is 4.91. The van der Waals surface area contributed by atoms with Crippen LogP contribution in [-0.4, -0.2) is 34.1 Å². The number of nitrogens with zero attached hydrogens (tertiary/aromatic N) is 1. The molecule has 0 saturated heterocycles. The van der Waals surface area contributed by atoms with Crippen molar-refractivity contribution >= 4 is 28.7 Å². The molecule has 3 rings (SSSR count). The van der Waals surface area contributed by atoms with Gasteiger partial charge in [0.1, 0.15) is 10.8 Å². The van der Waals surface area contributed by atoms with Crippen molar-refractivity contribution in [1.82, 2.24) is 4.98 Å². The fraction of sp³-hybridized carbons (Fsp3) is 0.423. The van der Waals surface area contributed by atoms with Crippen LogP contribution in [0.25, 0.3) is 5.57 Å². The molecule has 0 fully saturated rings. The van der Waals surface area contributed by atoms with Gasteiger partial charge in [-0.3, -0.25) is 4.79 Å². The first-order valence-corrected chi connectivity index (χ1v) is 12.2. The summed E-state index contributed by atoms with van der Waals surface area (Å²) < 4.78 is 44.2. The maximum atomic E-state index is 12.9. The van der Waals surface area contributed by atoms with Crippen molar-refractivity contribution in [2.24, 2.45) is 0 Å². The molecule has 5 nitrogen and oxygen atoms in total. The molecule has 1 aliphatic rings. The van der Waals surface area contributed by atoms with Gasteiger partial charge < -0.3 is 9.84 Å². The molecule has 0 spiro atoms. The summed E-state index contributed by atoms with van der Waals surface area (Å²) in [5.74, 6) is -0.611. The van der Waals surface area contributed by atoms with Crippen LogP contribution >= 0.6 is 11.3 Å². The number of hydrogen-bond donors (Lipinski definition) is 1. The zero-order chi connectivity index (χ0) is 25.9. The van der Waals surface area contributed by atoms with Crippen LogP contribution in [0.4, 0.5) is 13.2 Å². The van der Waals surface area contributed by atoms with Crippen molar-refractivity contribution in [2.75, 3.05) is 0 Å². The predicted octanol–water partition coefficient (Wildman–Crippen LogP) is 6.91. The van der Waals surface area contributed by atoms with E-state index in [1.165, 1.54) is 24.3 Å². The van der Waals surface area contributed by atoms with E-state index in [-0.39, 0.29) is 31.0 Å². The molecule has 1 atom stereocenters. The van der Waals surface area contributed by atoms with Gasteiger partial charge in [0.25, 0.3) is 0 Å². The van der Waals surface area contributed by atoms with Crippen LogP contribution in [-0.2, 0) is 11.2 Å². The lowest BCUT2D eigenvalue weighted by Gasteiger charge is -2.15. The third-order valence-electron chi connectivity index (χ3n) is 5.79. The Balaban J connectivity index is 1.73. The number of rotatable bonds is 9. The highest BCUT2D eigenvalue weighted by Gasteiger charge is 2.34. The van der Waals surface area contributed by atoms with Gasteiger partial charge in [0, 0.05) is 22.4 Å². The van der Waals surface area contributed by atoms with E-state index in [0.29, 0.717) is 28.3 Å². The van der Waals surface area contributed by atoms with Crippen LogP contribution in [0.5, 0.6) is 5.75 Å². The molecule has 1 unspecified atom stereocenters. The lowest BCUT2D eigenvalue weighted by Crippen LogP contribution is -2.23. The van der Waals surface area contributed by atoms with E-state index in [2.05, 4.69) is 0 Å². The molecule has 0 radical (unpaired) electrons. The van der Waals surface area contributed by atoms with Crippen LogP contribution in [0.2, 0.25) is 0 Å². The molecule has 0 aliphatic heterocycles. The molecule has 1 aliphatic carbocycles. The number of hydrogen-bond acceptors (Lipinski definition) is 5. The number of aromatic nitrogens is 1. The SMILES string of the molecule is Cc1cc(C(=O)CCc2sc(C3=CC=C(C(F)(F)F)CC3)nc2C(C)C)ccc1OC(C)C(=O)O. The molecule has 188 valence electrons. The maximum Gasteiger partial charge on any atom is 0.412 e. The number of carboxylic acids is 1. The molecular formula is C26H28F3NO4S. The number of carbonyl (C=O) groups is 2. The Kier molecular flexibility index (Phi) is 8.20. The Labute approximate surface area is 206 Å². The minimum absolute atomic E-state index is 0.0646. The van der Waals surface area contributed by atoms with Gasteiger partial charge in [-0.15, -0.1) is 11.3 Å². The number of Topliss-reactive ketones (excluding diaryl/α,β-unsaturated/α-hetero) is 1. The highest BCUT2D eigenvalue weighted by Crippen LogP contribution is 2.38. The number of carbonyl (C=O) groups excluding carboxylic acids is 1. The van der Waals surface area contributed by atoms with Crippen LogP contribution < -0.4 is 4.74 Å². The Morgan fingerprint density at radius 3 is 2.43 bits per heavy atom. The number of ether oxygens (including phenoxy) is 1. The molecular weight excluding hydrogens is 479 g/mol. The van der Waals surface area contributed by atoms with E-state index in [4.69, 9.17) is 14.8 Å². The summed E-state index contributed by atoms with van der Waals surface area (Å²) in [6.07, 6.45) is -1.73. The summed E-state index contributed by atoms with van der Waals surface area (Å²) in [7, 11) is 0. The van der Waals surface area contributed by atoms with Gasteiger partial charge in [0.05, 0.1) is 5.69 Å². The van der Waals surface area contributed by atoms with Gasteiger partial charge in [-0.25, -0.2) is 9.78 Å². The number of aliphatic carboxylic acids is 1. The average Bonchev–Trinajstić information content (AvgIpc) is 3.23. The van der Waals surface area contributed by atoms with Gasteiger partial charge in [0.2, 0.25) is 0 Å². The van der Waals surface area contributed by atoms with E-state index in [1.807, 2.05) is 13.8 Å². The lowest BCUT2D eigenvalue weighted by molar-refractivity contribution is -0.144. The minimum Gasteiger partial charge on any atom is -0.479 e.